The molecule has 0 radical (unpaired) electrons. The number of likely N-dealkylation sites (N-methyl/N-ethyl adjacent to an activating group) is 1. The fraction of sp³-hybridized carbons (Fsp3) is 0.765. The van der Waals surface area contributed by atoms with Crippen molar-refractivity contribution in [3.63, 3.8) is 0 Å². The van der Waals surface area contributed by atoms with Gasteiger partial charge in [0.25, 0.3) is 0 Å². The lowest BCUT2D eigenvalue weighted by Gasteiger charge is -2.48. The summed E-state index contributed by atoms with van der Waals surface area (Å²) in [5, 5.41) is 3.05. The number of carbonyl (C=O) groups excluding carboxylic acids is 1. The van der Waals surface area contributed by atoms with Crippen LogP contribution in [-0.2, 0) is 17.8 Å². The zero-order valence-electron chi connectivity index (χ0n) is 14.4. The first-order chi connectivity index (χ1) is 11.1. The summed E-state index contributed by atoms with van der Waals surface area (Å²) in [7, 11) is 2.09. The van der Waals surface area contributed by atoms with Crippen LogP contribution in [-0.4, -0.2) is 64.4 Å². The van der Waals surface area contributed by atoms with Crippen molar-refractivity contribution in [1.29, 1.82) is 0 Å². The Morgan fingerprint density at radius 3 is 2.78 bits per heavy atom. The molecule has 2 aliphatic heterocycles. The summed E-state index contributed by atoms with van der Waals surface area (Å²) in [6.07, 6.45) is 7.19. The number of piperazine rings is 1. The Labute approximate surface area is 138 Å². The number of aromatic nitrogens is 2. The smallest absolute Gasteiger partial charge is 0.240 e. The summed E-state index contributed by atoms with van der Waals surface area (Å²) in [6.45, 7) is 6.75. The Balaban J connectivity index is 1.54. The molecular formula is C17H29N5O. The van der Waals surface area contributed by atoms with Gasteiger partial charge in [-0.3, -0.25) is 14.6 Å². The van der Waals surface area contributed by atoms with Gasteiger partial charge in [0.05, 0.1) is 0 Å². The molecule has 2 aliphatic rings. The van der Waals surface area contributed by atoms with Crippen molar-refractivity contribution in [2.45, 2.75) is 51.1 Å². The Morgan fingerprint density at radius 1 is 1.30 bits per heavy atom. The minimum absolute atomic E-state index is 0.217. The lowest BCUT2D eigenvalue weighted by molar-refractivity contribution is -0.140. The van der Waals surface area contributed by atoms with Crippen LogP contribution in [0.5, 0.6) is 0 Å². The standard InChI is InChI=1S/C17H29N5O/c1-3-4-5-15-19-12-14(20-15)13-22-9-6-17(7-10-22)16(23)18-8-11-21(17)2/h12H,3-11,13H2,1-2H3,(H,18,23)(H,19,20). The van der Waals surface area contributed by atoms with Gasteiger partial charge in [-0.05, 0) is 26.3 Å². The molecule has 1 aromatic rings. The van der Waals surface area contributed by atoms with Crippen molar-refractivity contribution in [1.82, 2.24) is 25.1 Å². The van der Waals surface area contributed by atoms with E-state index in [9.17, 15) is 4.79 Å². The van der Waals surface area contributed by atoms with Gasteiger partial charge in [0, 0.05) is 51.0 Å². The van der Waals surface area contributed by atoms with Gasteiger partial charge in [0.15, 0.2) is 0 Å². The van der Waals surface area contributed by atoms with Crippen LogP contribution in [0.3, 0.4) is 0 Å². The number of aromatic amines is 1. The van der Waals surface area contributed by atoms with E-state index in [-0.39, 0.29) is 11.4 Å². The molecule has 0 atom stereocenters. The molecule has 6 nitrogen and oxygen atoms in total. The SMILES string of the molecule is CCCCc1ncc(CN2CCC3(CC2)C(=O)NCCN3C)[nH]1. The molecule has 2 saturated heterocycles. The molecule has 1 spiro atoms. The maximum atomic E-state index is 12.4. The number of hydrogen-bond acceptors (Lipinski definition) is 4. The maximum Gasteiger partial charge on any atom is 0.240 e. The summed E-state index contributed by atoms with van der Waals surface area (Å²) in [5.74, 6) is 1.32. The van der Waals surface area contributed by atoms with Gasteiger partial charge >= 0.3 is 0 Å². The summed E-state index contributed by atoms with van der Waals surface area (Å²) in [6, 6.07) is 0. The van der Waals surface area contributed by atoms with Crippen LogP contribution in [0, 0.1) is 0 Å². The van der Waals surface area contributed by atoms with E-state index in [0.29, 0.717) is 0 Å². The molecule has 2 fully saturated rings. The topological polar surface area (TPSA) is 64.3 Å². The minimum Gasteiger partial charge on any atom is -0.353 e. The number of nitrogens with zero attached hydrogens (tertiary/aromatic N) is 3. The van der Waals surface area contributed by atoms with Crippen molar-refractivity contribution >= 4 is 5.91 Å². The first-order valence-electron chi connectivity index (χ1n) is 8.89. The highest BCUT2D eigenvalue weighted by molar-refractivity contribution is 5.87. The van der Waals surface area contributed by atoms with Crippen molar-refractivity contribution in [3.05, 3.63) is 17.7 Å². The molecule has 6 heteroatoms. The van der Waals surface area contributed by atoms with E-state index in [4.69, 9.17) is 0 Å². The number of carbonyl (C=O) groups is 1. The second-order valence-electron chi connectivity index (χ2n) is 6.94. The Kier molecular flexibility index (Phi) is 5.02. The Bertz CT molecular complexity index is 533. The number of nitrogens with one attached hydrogen (secondary N) is 2. The van der Waals surface area contributed by atoms with E-state index in [1.165, 1.54) is 18.5 Å². The Morgan fingerprint density at radius 2 is 2.09 bits per heavy atom. The van der Waals surface area contributed by atoms with Gasteiger partial charge < -0.3 is 10.3 Å². The molecule has 1 amide bonds. The fourth-order valence-electron chi connectivity index (χ4n) is 3.78. The number of amides is 1. The summed E-state index contributed by atoms with van der Waals surface area (Å²) >= 11 is 0. The van der Waals surface area contributed by atoms with Gasteiger partial charge in [-0.25, -0.2) is 4.98 Å². The summed E-state index contributed by atoms with van der Waals surface area (Å²) in [5.41, 5.74) is 0.906. The molecule has 0 saturated carbocycles. The molecule has 1 aromatic heterocycles. The van der Waals surface area contributed by atoms with Crippen LogP contribution >= 0.6 is 0 Å². The van der Waals surface area contributed by atoms with Crippen LogP contribution < -0.4 is 5.32 Å². The average molecular weight is 319 g/mol. The average Bonchev–Trinajstić information content (AvgIpc) is 3.00. The van der Waals surface area contributed by atoms with Crippen LogP contribution in [0.25, 0.3) is 0 Å². The molecule has 23 heavy (non-hydrogen) atoms. The van der Waals surface area contributed by atoms with E-state index in [2.05, 4.69) is 39.1 Å². The van der Waals surface area contributed by atoms with Crippen LogP contribution in [0.15, 0.2) is 6.20 Å². The number of hydrogen-bond donors (Lipinski definition) is 2. The van der Waals surface area contributed by atoms with E-state index in [1.54, 1.807) is 0 Å². The summed E-state index contributed by atoms with van der Waals surface area (Å²) < 4.78 is 0. The molecule has 0 unspecified atom stereocenters. The fourth-order valence-corrected chi connectivity index (χ4v) is 3.78. The highest BCUT2D eigenvalue weighted by Crippen LogP contribution is 2.30. The molecule has 0 bridgehead atoms. The number of aryl methyl sites for hydroxylation is 1. The number of unbranched alkanes of at least 4 members (excludes halogenated alkanes) is 1. The zero-order valence-corrected chi connectivity index (χ0v) is 14.4. The van der Waals surface area contributed by atoms with Gasteiger partial charge in [-0.15, -0.1) is 0 Å². The van der Waals surface area contributed by atoms with Gasteiger partial charge in [-0.2, -0.15) is 0 Å². The second kappa shape index (κ2) is 7.01. The zero-order chi connectivity index (χ0) is 16.3. The van der Waals surface area contributed by atoms with E-state index in [0.717, 1.165) is 57.8 Å². The van der Waals surface area contributed by atoms with Crippen LogP contribution in [0.2, 0.25) is 0 Å². The lowest BCUT2D eigenvalue weighted by atomic mass is 9.83. The van der Waals surface area contributed by atoms with Crippen molar-refractivity contribution in [2.75, 3.05) is 33.2 Å². The molecule has 0 aromatic carbocycles. The largest absolute Gasteiger partial charge is 0.353 e. The molecular weight excluding hydrogens is 290 g/mol. The normalized spacial score (nSPS) is 22.4. The van der Waals surface area contributed by atoms with Gasteiger partial charge in [0.2, 0.25) is 5.91 Å². The summed E-state index contributed by atoms with van der Waals surface area (Å²) in [4.78, 5) is 25.0. The van der Waals surface area contributed by atoms with E-state index < -0.39 is 0 Å². The molecule has 3 heterocycles. The predicted octanol–water partition coefficient (Wildman–Crippen LogP) is 1.15. The third kappa shape index (κ3) is 3.43. The molecule has 128 valence electrons. The first-order valence-corrected chi connectivity index (χ1v) is 8.89. The Hall–Kier alpha value is -1.40. The van der Waals surface area contributed by atoms with Crippen molar-refractivity contribution < 1.29 is 4.79 Å². The number of likely N-dealkylation sites (tertiary alicyclic amines) is 1. The van der Waals surface area contributed by atoms with Crippen molar-refractivity contribution in [3.8, 4) is 0 Å². The minimum atomic E-state index is -0.283. The van der Waals surface area contributed by atoms with Gasteiger partial charge in [-0.1, -0.05) is 13.3 Å². The first kappa shape index (κ1) is 16.5. The van der Waals surface area contributed by atoms with Crippen molar-refractivity contribution in [2.24, 2.45) is 0 Å². The maximum absolute atomic E-state index is 12.4. The molecule has 3 rings (SSSR count). The third-order valence-electron chi connectivity index (χ3n) is 5.41. The molecule has 0 aliphatic carbocycles. The number of rotatable bonds is 5. The predicted molar refractivity (Wildman–Crippen MR) is 90.1 cm³/mol. The van der Waals surface area contributed by atoms with Crippen LogP contribution in [0.4, 0.5) is 0 Å². The number of H-pyrrole nitrogens is 1. The lowest BCUT2D eigenvalue weighted by Crippen LogP contribution is -2.66. The van der Waals surface area contributed by atoms with E-state index >= 15 is 0 Å². The highest BCUT2D eigenvalue weighted by atomic mass is 16.2. The molecule has 2 N–H and O–H groups in total. The third-order valence-corrected chi connectivity index (χ3v) is 5.41. The van der Waals surface area contributed by atoms with Gasteiger partial charge in [0.1, 0.15) is 11.4 Å². The van der Waals surface area contributed by atoms with E-state index in [1.807, 2.05) is 6.20 Å². The van der Waals surface area contributed by atoms with Crippen LogP contribution in [0.1, 0.15) is 44.1 Å². The number of piperidine rings is 1. The monoisotopic (exact) mass is 319 g/mol. The quantitative estimate of drug-likeness (QED) is 0.854. The highest BCUT2D eigenvalue weighted by Gasteiger charge is 2.46. The second-order valence-corrected chi connectivity index (χ2v) is 6.94. The number of imidazole rings is 1.